The molecule has 3 unspecified atom stereocenters. The van der Waals surface area contributed by atoms with Crippen LogP contribution in [0.5, 0.6) is 0 Å². The molecule has 3 nitrogen and oxygen atoms in total. The monoisotopic (exact) mass is 199 g/mol. The number of rotatable bonds is 2. The standard InChI is InChI=1S/C11H21NO2/c1-7(11(2,3)4)8-5-12-6-9(8)10(13)14/h7-9,12H,5-6H2,1-4H3,(H,13,14). The summed E-state index contributed by atoms with van der Waals surface area (Å²) in [6.07, 6.45) is 0. The maximum Gasteiger partial charge on any atom is 0.308 e. The smallest absolute Gasteiger partial charge is 0.308 e. The zero-order valence-corrected chi connectivity index (χ0v) is 9.50. The van der Waals surface area contributed by atoms with Crippen molar-refractivity contribution < 1.29 is 9.90 Å². The number of aliphatic carboxylic acids is 1. The Morgan fingerprint density at radius 1 is 1.43 bits per heavy atom. The molecular weight excluding hydrogens is 178 g/mol. The van der Waals surface area contributed by atoms with Gasteiger partial charge in [0, 0.05) is 6.54 Å². The van der Waals surface area contributed by atoms with Gasteiger partial charge in [-0.25, -0.2) is 0 Å². The topological polar surface area (TPSA) is 49.3 Å². The zero-order valence-electron chi connectivity index (χ0n) is 9.50. The van der Waals surface area contributed by atoms with E-state index in [0.717, 1.165) is 6.54 Å². The van der Waals surface area contributed by atoms with Crippen molar-refractivity contribution in [2.24, 2.45) is 23.2 Å². The normalized spacial score (nSPS) is 30.3. The summed E-state index contributed by atoms with van der Waals surface area (Å²) in [6.45, 7) is 10.2. The van der Waals surface area contributed by atoms with Gasteiger partial charge in [-0.05, 0) is 23.8 Å². The number of carbonyl (C=O) groups is 1. The molecule has 1 heterocycles. The summed E-state index contributed by atoms with van der Waals surface area (Å²) in [4.78, 5) is 11.0. The molecule has 0 bridgehead atoms. The van der Waals surface area contributed by atoms with Crippen molar-refractivity contribution in [1.29, 1.82) is 0 Å². The second kappa shape index (κ2) is 3.89. The Hall–Kier alpha value is -0.570. The Morgan fingerprint density at radius 3 is 2.43 bits per heavy atom. The summed E-state index contributed by atoms with van der Waals surface area (Å²) >= 11 is 0. The molecule has 82 valence electrons. The van der Waals surface area contributed by atoms with Crippen molar-refractivity contribution >= 4 is 5.97 Å². The van der Waals surface area contributed by atoms with Gasteiger partial charge in [-0.1, -0.05) is 27.7 Å². The lowest BCUT2D eigenvalue weighted by molar-refractivity contribution is -0.143. The first-order valence-corrected chi connectivity index (χ1v) is 5.27. The predicted molar refractivity (Wildman–Crippen MR) is 56.1 cm³/mol. The van der Waals surface area contributed by atoms with Gasteiger partial charge >= 0.3 is 5.97 Å². The highest BCUT2D eigenvalue weighted by Crippen LogP contribution is 2.37. The quantitative estimate of drug-likeness (QED) is 0.710. The number of carboxylic acids is 1. The molecule has 14 heavy (non-hydrogen) atoms. The van der Waals surface area contributed by atoms with Gasteiger partial charge in [-0.3, -0.25) is 4.79 Å². The van der Waals surface area contributed by atoms with Crippen LogP contribution in [-0.4, -0.2) is 24.2 Å². The third-order valence-electron chi connectivity index (χ3n) is 3.59. The van der Waals surface area contributed by atoms with E-state index in [2.05, 4.69) is 33.0 Å². The number of hydrogen-bond donors (Lipinski definition) is 2. The Balaban J connectivity index is 2.72. The molecule has 2 N–H and O–H groups in total. The van der Waals surface area contributed by atoms with Crippen LogP contribution in [-0.2, 0) is 4.79 Å². The zero-order chi connectivity index (χ0) is 10.9. The van der Waals surface area contributed by atoms with Gasteiger partial charge in [0.1, 0.15) is 0 Å². The molecule has 1 aliphatic rings. The Labute approximate surface area is 85.9 Å². The second-order valence-corrected chi connectivity index (χ2v) is 5.42. The lowest BCUT2D eigenvalue weighted by Crippen LogP contribution is -2.33. The van der Waals surface area contributed by atoms with Crippen molar-refractivity contribution in [3.05, 3.63) is 0 Å². The number of nitrogens with one attached hydrogen (secondary N) is 1. The molecule has 0 aromatic heterocycles. The third kappa shape index (κ3) is 2.27. The summed E-state index contributed by atoms with van der Waals surface area (Å²) < 4.78 is 0. The average Bonchev–Trinajstić information content (AvgIpc) is 2.48. The van der Waals surface area contributed by atoms with Gasteiger partial charge in [0.15, 0.2) is 0 Å². The molecular formula is C11H21NO2. The lowest BCUT2D eigenvalue weighted by Gasteiger charge is -2.33. The van der Waals surface area contributed by atoms with Crippen molar-refractivity contribution in [2.45, 2.75) is 27.7 Å². The molecule has 0 aromatic carbocycles. The maximum absolute atomic E-state index is 11.0. The van der Waals surface area contributed by atoms with E-state index >= 15 is 0 Å². The van der Waals surface area contributed by atoms with Crippen LogP contribution in [0.15, 0.2) is 0 Å². The molecule has 1 aliphatic heterocycles. The summed E-state index contributed by atoms with van der Waals surface area (Å²) in [5.41, 5.74) is 0.185. The minimum absolute atomic E-state index is 0.185. The van der Waals surface area contributed by atoms with Gasteiger partial charge in [0.05, 0.1) is 5.92 Å². The molecule has 1 fully saturated rings. The van der Waals surface area contributed by atoms with Crippen LogP contribution in [0.4, 0.5) is 0 Å². The minimum Gasteiger partial charge on any atom is -0.481 e. The molecule has 0 aromatic rings. The molecule has 3 heteroatoms. The van der Waals surface area contributed by atoms with Crippen LogP contribution in [0.25, 0.3) is 0 Å². The van der Waals surface area contributed by atoms with Crippen molar-refractivity contribution in [2.75, 3.05) is 13.1 Å². The molecule has 0 amide bonds. The molecule has 0 spiro atoms. The van der Waals surface area contributed by atoms with E-state index in [1.807, 2.05) is 0 Å². The van der Waals surface area contributed by atoms with E-state index in [-0.39, 0.29) is 17.3 Å². The molecule has 1 saturated heterocycles. The first-order valence-electron chi connectivity index (χ1n) is 5.27. The predicted octanol–water partition coefficient (Wildman–Crippen LogP) is 1.59. The second-order valence-electron chi connectivity index (χ2n) is 5.42. The molecule has 3 atom stereocenters. The van der Waals surface area contributed by atoms with Crippen LogP contribution in [0.3, 0.4) is 0 Å². The fourth-order valence-corrected chi connectivity index (χ4v) is 2.14. The van der Waals surface area contributed by atoms with Crippen molar-refractivity contribution in [3.8, 4) is 0 Å². The average molecular weight is 199 g/mol. The number of carboxylic acid groups (broad SMARTS) is 1. The van der Waals surface area contributed by atoms with Gasteiger partial charge in [0.2, 0.25) is 0 Å². The Morgan fingerprint density at radius 2 is 2.00 bits per heavy atom. The highest BCUT2D eigenvalue weighted by atomic mass is 16.4. The Kier molecular flexibility index (Phi) is 3.20. The minimum atomic E-state index is -0.656. The highest BCUT2D eigenvalue weighted by Gasteiger charge is 2.40. The van der Waals surface area contributed by atoms with Crippen LogP contribution in [0.2, 0.25) is 0 Å². The van der Waals surface area contributed by atoms with E-state index < -0.39 is 5.97 Å². The molecule has 0 radical (unpaired) electrons. The van der Waals surface area contributed by atoms with E-state index in [1.54, 1.807) is 0 Å². The fraction of sp³-hybridized carbons (Fsp3) is 0.909. The molecule has 0 aliphatic carbocycles. The lowest BCUT2D eigenvalue weighted by atomic mass is 9.71. The van der Waals surface area contributed by atoms with Crippen LogP contribution >= 0.6 is 0 Å². The summed E-state index contributed by atoms with van der Waals surface area (Å²) in [5, 5.41) is 12.2. The SMILES string of the molecule is CC(C1CNCC1C(=O)O)C(C)(C)C. The maximum atomic E-state index is 11.0. The van der Waals surface area contributed by atoms with Gasteiger partial charge in [0.25, 0.3) is 0 Å². The van der Waals surface area contributed by atoms with Gasteiger partial charge in [-0.2, -0.15) is 0 Å². The van der Waals surface area contributed by atoms with E-state index in [0.29, 0.717) is 12.5 Å². The summed E-state index contributed by atoms with van der Waals surface area (Å²) in [6, 6.07) is 0. The van der Waals surface area contributed by atoms with E-state index in [1.165, 1.54) is 0 Å². The van der Waals surface area contributed by atoms with Crippen LogP contribution < -0.4 is 5.32 Å². The van der Waals surface area contributed by atoms with Crippen molar-refractivity contribution in [3.63, 3.8) is 0 Å². The van der Waals surface area contributed by atoms with Crippen LogP contribution in [0, 0.1) is 23.2 Å². The molecule has 1 rings (SSSR count). The van der Waals surface area contributed by atoms with Crippen molar-refractivity contribution in [1.82, 2.24) is 5.32 Å². The molecule has 0 saturated carbocycles. The third-order valence-corrected chi connectivity index (χ3v) is 3.59. The number of hydrogen-bond acceptors (Lipinski definition) is 2. The Bertz CT molecular complexity index is 220. The summed E-state index contributed by atoms with van der Waals surface area (Å²) in [7, 11) is 0. The fourth-order valence-electron chi connectivity index (χ4n) is 2.14. The van der Waals surface area contributed by atoms with Crippen LogP contribution in [0.1, 0.15) is 27.7 Å². The van der Waals surface area contributed by atoms with E-state index in [4.69, 9.17) is 5.11 Å². The largest absolute Gasteiger partial charge is 0.481 e. The van der Waals surface area contributed by atoms with Gasteiger partial charge in [-0.15, -0.1) is 0 Å². The van der Waals surface area contributed by atoms with E-state index in [9.17, 15) is 4.79 Å². The highest BCUT2D eigenvalue weighted by molar-refractivity contribution is 5.71. The first kappa shape index (κ1) is 11.5. The summed E-state index contributed by atoms with van der Waals surface area (Å²) in [5.74, 6) is -0.161. The first-order chi connectivity index (χ1) is 6.34. The van der Waals surface area contributed by atoms with Gasteiger partial charge < -0.3 is 10.4 Å².